The molecule has 0 saturated carbocycles. The second-order valence-corrected chi connectivity index (χ2v) is 7.05. The third kappa shape index (κ3) is 3.07. The van der Waals surface area contributed by atoms with Gasteiger partial charge in [0.15, 0.2) is 0 Å². The molecule has 1 unspecified atom stereocenters. The Labute approximate surface area is 133 Å². The van der Waals surface area contributed by atoms with Crippen LogP contribution in [0.4, 0.5) is 5.69 Å². The molecule has 1 aromatic carbocycles. The highest BCUT2D eigenvalue weighted by molar-refractivity contribution is 9.10. The molecule has 0 amide bonds. The van der Waals surface area contributed by atoms with Gasteiger partial charge in [-0.15, -0.1) is 0 Å². The number of anilines is 1. The van der Waals surface area contributed by atoms with Gasteiger partial charge < -0.3 is 5.73 Å². The van der Waals surface area contributed by atoms with Crippen LogP contribution in [-0.2, 0) is 23.1 Å². The predicted octanol–water partition coefficient (Wildman–Crippen LogP) is 3.52. The molecule has 1 heterocycles. The molecule has 0 radical (unpaired) electrons. The second kappa shape index (κ2) is 6.28. The van der Waals surface area contributed by atoms with Gasteiger partial charge in [0.05, 0.1) is 37.9 Å². The van der Waals surface area contributed by atoms with E-state index < -0.39 is 10.8 Å². The molecule has 0 fully saturated rings. The number of benzene rings is 1. The average Bonchev–Trinajstić information content (AvgIpc) is 2.66. The number of hydrogen-bond donors (Lipinski definition) is 1. The third-order valence-electron chi connectivity index (χ3n) is 2.94. The zero-order valence-corrected chi connectivity index (χ0v) is 14.3. The molecule has 20 heavy (non-hydrogen) atoms. The Morgan fingerprint density at radius 2 is 2.20 bits per heavy atom. The van der Waals surface area contributed by atoms with Crippen LogP contribution < -0.4 is 5.73 Å². The van der Waals surface area contributed by atoms with E-state index in [0.717, 1.165) is 15.9 Å². The minimum Gasteiger partial charge on any atom is -0.398 e. The van der Waals surface area contributed by atoms with E-state index in [4.69, 9.17) is 17.3 Å². The highest BCUT2D eigenvalue weighted by Crippen LogP contribution is 2.27. The number of hydrogen-bond acceptors (Lipinski definition) is 3. The largest absolute Gasteiger partial charge is 0.398 e. The van der Waals surface area contributed by atoms with Gasteiger partial charge in [-0.25, -0.2) is 0 Å². The van der Waals surface area contributed by atoms with E-state index in [2.05, 4.69) is 21.0 Å². The molecule has 1 atom stereocenters. The van der Waals surface area contributed by atoms with Gasteiger partial charge in [-0.05, 0) is 32.0 Å². The summed E-state index contributed by atoms with van der Waals surface area (Å²) in [7, 11) is -1.25. The fourth-order valence-corrected chi connectivity index (χ4v) is 3.83. The van der Waals surface area contributed by atoms with Crippen LogP contribution in [0.15, 0.2) is 27.6 Å². The summed E-state index contributed by atoms with van der Waals surface area (Å²) < 4.78 is 15.1. The van der Waals surface area contributed by atoms with Crippen LogP contribution in [0.5, 0.6) is 0 Å². The fraction of sp³-hybridized carbons (Fsp3) is 0.308. The molecular formula is C13H15BrClN3OS. The lowest BCUT2D eigenvalue weighted by molar-refractivity contribution is 0.627. The monoisotopic (exact) mass is 375 g/mol. The minimum atomic E-state index is -1.25. The van der Waals surface area contributed by atoms with E-state index in [1.54, 1.807) is 16.8 Å². The second-order valence-electron chi connectivity index (χ2n) is 4.33. The van der Waals surface area contributed by atoms with E-state index in [0.29, 0.717) is 27.9 Å². The van der Waals surface area contributed by atoms with Crippen LogP contribution in [0.25, 0.3) is 0 Å². The number of rotatable bonds is 4. The molecule has 7 heteroatoms. The molecule has 2 N–H and O–H groups in total. The standard InChI is InChI=1S/C13H15BrClN3OS/c1-3-18-11(13(15)8(2)17-18)7-20(19)12-5-4-9(14)6-10(12)16/h4-6H,3,7,16H2,1-2H3. The van der Waals surface area contributed by atoms with Crippen LogP contribution in [0.1, 0.15) is 18.3 Å². The number of nitrogen functional groups attached to an aromatic ring is 1. The van der Waals surface area contributed by atoms with Crippen LogP contribution >= 0.6 is 27.5 Å². The van der Waals surface area contributed by atoms with Crippen molar-refractivity contribution in [3.05, 3.63) is 39.1 Å². The quantitative estimate of drug-likeness (QED) is 0.831. The SMILES string of the molecule is CCn1nc(C)c(Cl)c1CS(=O)c1ccc(Br)cc1N. The van der Waals surface area contributed by atoms with Crippen molar-refractivity contribution in [1.82, 2.24) is 9.78 Å². The number of nitrogens with two attached hydrogens (primary N) is 1. The van der Waals surface area contributed by atoms with Crippen molar-refractivity contribution in [2.24, 2.45) is 0 Å². The van der Waals surface area contributed by atoms with Gasteiger partial charge in [0.1, 0.15) is 0 Å². The van der Waals surface area contributed by atoms with Crippen LogP contribution in [-0.4, -0.2) is 14.0 Å². The van der Waals surface area contributed by atoms with Gasteiger partial charge in [0, 0.05) is 16.7 Å². The Balaban J connectivity index is 2.32. The van der Waals surface area contributed by atoms with Gasteiger partial charge in [-0.2, -0.15) is 5.10 Å². The molecule has 0 aliphatic carbocycles. The summed E-state index contributed by atoms with van der Waals surface area (Å²) in [5, 5.41) is 4.90. The first-order valence-electron chi connectivity index (χ1n) is 6.09. The summed E-state index contributed by atoms with van der Waals surface area (Å²) in [6.07, 6.45) is 0. The molecule has 0 spiro atoms. The van der Waals surface area contributed by atoms with E-state index in [1.165, 1.54) is 0 Å². The van der Waals surface area contributed by atoms with E-state index in [1.807, 2.05) is 19.9 Å². The Morgan fingerprint density at radius 3 is 2.80 bits per heavy atom. The van der Waals surface area contributed by atoms with Gasteiger partial charge >= 0.3 is 0 Å². The zero-order valence-electron chi connectivity index (χ0n) is 11.2. The lowest BCUT2D eigenvalue weighted by Gasteiger charge is -2.08. The molecule has 0 aliphatic heterocycles. The van der Waals surface area contributed by atoms with Crippen LogP contribution in [0.2, 0.25) is 5.02 Å². The Morgan fingerprint density at radius 1 is 1.50 bits per heavy atom. The van der Waals surface area contributed by atoms with Crippen molar-refractivity contribution in [3.63, 3.8) is 0 Å². The number of halogens is 2. The average molecular weight is 377 g/mol. The maximum absolute atomic E-state index is 12.5. The zero-order chi connectivity index (χ0) is 14.9. The number of aromatic nitrogens is 2. The smallest absolute Gasteiger partial charge is 0.0856 e. The van der Waals surface area contributed by atoms with Crippen molar-refractivity contribution in [1.29, 1.82) is 0 Å². The third-order valence-corrected chi connectivity index (χ3v) is 5.32. The molecule has 108 valence electrons. The highest BCUT2D eigenvalue weighted by atomic mass is 79.9. The number of nitrogens with zero attached hydrogens (tertiary/aromatic N) is 2. The first-order chi connectivity index (χ1) is 9.43. The fourth-order valence-electron chi connectivity index (χ4n) is 1.94. The van der Waals surface area contributed by atoms with Crippen LogP contribution in [0.3, 0.4) is 0 Å². The van der Waals surface area contributed by atoms with Crippen molar-refractivity contribution in [3.8, 4) is 0 Å². The van der Waals surface area contributed by atoms with Crippen molar-refractivity contribution in [2.75, 3.05) is 5.73 Å². The molecule has 2 aromatic rings. The minimum absolute atomic E-state index is 0.305. The molecule has 0 saturated heterocycles. The molecule has 1 aromatic heterocycles. The lowest BCUT2D eigenvalue weighted by atomic mass is 10.3. The summed E-state index contributed by atoms with van der Waals surface area (Å²) in [4.78, 5) is 0.616. The lowest BCUT2D eigenvalue weighted by Crippen LogP contribution is -2.07. The maximum Gasteiger partial charge on any atom is 0.0856 e. The van der Waals surface area contributed by atoms with E-state index in [9.17, 15) is 4.21 Å². The Kier molecular flexibility index (Phi) is 4.88. The van der Waals surface area contributed by atoms with Crippen molar-refractivity contribution in [2.45, 2.75) is 31.0 Å². The van der Waals surface area contributed by atoms with Gasteiger partial charge in [0.2, 0.25) is 0 Å². The molecule has 2 rings (SSSR count). The van der Waals surface area contributed by atoms with Crippen molar-refractivity contribution < 1.29 is 4.21 Å². The van der Waals surface area contributed by atoms with Crippen molar-refractivity contribution >= 4 is 44.0 Å². The van der Waals surface area contributed by atoms with E-state index >= 15 is 0 Å². The normalized spacial score (nSPS) is 12.6. The van der Waals surface area contributed by atoms with Gasteiger partial charge in [0.25, 0.3) is 0 Å². The first-order valence-corrected chi connectivity index (χ1v) is 8.58. The summed E-state index contributed by atoms with van der Waals surface area (Å²) in [6, 6.07) is 5.34. The first kappa shape index (κ1) is 15.5. The highest BCUT2D eigenvalue weighted by Gasteiger charge is 2.17. The molecule has 0 aliphatic rings. The van der Waals surface area contributed by atoms with Crippen LogP contribution in [0, 0.1) is 6.92 Å². The molecular weight excluding hydrogens is 362 g/mol. The van der Waals surface area contributed by atoms with E-state index in [-0.39, 0.29) is 0 Å². The Hall–Kier alpha value is -0.850. The molecule has 0 bridgehead atoms. The summed E-state index contributed by atoms with van der Waals surface area (Å²) in [6.45, 7) is 4.51. The topological polar surface area (TPSA) is 60.9 Å². The predicted molar refractivity (Wildman–Crippen MR) is 86.3 cm³/mol. The van der Waals surface area contributed by atoms with Gasteiger partial charge in [-0.3, -0.25) is 8.89 Å². The maximum atomic E-state index is 12.5. The molecule has 4 nitrogen and oxygen atoms in total. The number of aryl methyl sites for hydroxylation is 2. The summed E-state index contributed by atoms with van der Waals surface area (Å²) >= 11 is 9.57. The Bertz CT molecular complexity index is 672. The summed E-state index contributed by atoms with van der Waals surface area (Å²) in [5.74, 6) is 0.305. The summed E-state index contributed by atoms with van der Waals surface area (Å²) in [5.41, 5.74) is 7.96. The van der Waals surface area contributed by atoms with Gasteiger partial charge in [-0.1, -0.05) is 27.5 Å².